The molecule has 2 heterocycles. The van der Waals surface area contributed by atoms with Crippen LogP contribution in [0.15, 0.2) is 90.5 Å². The second-order valence-corrected chi connectivity index (χ2v) is 10.6. The van der Waals surface area contributed by atoms with Gasteiger partial charge in [-0.15, -0.1) is 0 Å². The first-order valence-corrected chi connectivity index (χ1v) is 14.2. The first-order chi connectivity index (χ1) is 21.8. The summed E-state index contributed by atoms with van der Waals surface area (Å²) in [5.74, 6) is 0.419. The van der Waals surface area contributed by atoms with Gasteiger partial charge in [0.1, 0.15) is 35.2 Å². The lowest BCUT2D eigenvalue weighted by Gasteiger charge is -2.29. The Bertz CT molecular complexity index is 1860. The van der Waals surface area contributed by atoms with Crippen LogP contribution in [-0.2, 0) is 27.5 Å². The number of hydrogen-bond acceptors (Lipinski definition) is 9. The van der Waals surface area contributed by atoms with E-state index in [0.29, 0.717) is 40.1 Å². The molecule has 2 amide bonds. The molecule has 13 heteroatoms. The fourth-order valence-corrected chi connectivity index (χ4v) is 5.29. The summed E-state index contributed by atoms with van der Waals surface area (Å²) >= 11 is 11.6. The molecule has 1 fully saturated rings. The number of thiocarbonyl (C=S) groups is 1. The maximum absolute atomic E-state index is 13.7. The maximum Gasteiger partial charge on any atom is 0.270 e. The minimum Gasteiger partial charge on any atom is -0.488 e. The Morgan fingerprint density at radius 1 is 1.02 bits per heavy atom. The van der Waals surface area contributed by atoms with Crippen molar-refractivity contribution in [2.75, 3.05) is 11.7 Å². The molecule has 6 rings (SSSR count). The van der Waals surface area contributed by atoms with Crippen LogP contribution >= 0.6 is 23.8 Å². The number of nitrogens with zero attached hydrogens (tertiary/aromatic N) is 2. The first kappa shape index (κ1) is 29.8. The van der Waals surface area contributed by atoms with Gasteiger partial charge in [0.25, 0.3) is 17.5 Å². The number of carbonyl (C=O) groups is 2. The van der Waals surface area contributed by atoms with Gasteiger partial charge in [-0.1, -0.05) is 29.8 Å². The van der Waals surface area contributed by atoms with E-state index >= 15 is 0 Å². The molecule has 0 aromatic heterocycles. The van der Waals surface area contributed by atoms with E-state index in [1.807, 2.05) is 18.2 Å². The number of nitro benzene ring substituents is 1. The number of para-hydroxylation sites is 1. The summed E-state index contributed by atoms with van der Waals surface area (Å²) in [7, 11) is 0. The highest BCUT2D eigenvalue weighted by Gasteiger charge is 2.35. The molecule has 0 bridgehead atoms. The lowest BCUT2D eigenvalue weighted by molar-refractivity contribution is -0.384. The normalized spacial score (nSPS) is 15.3. The third-order valence-electron chi connectivity index (χ3n) is 6.81. The SMILES string of the molecule is O=C1NC(=S)N(c2ccc(Oc3ccccc3)cc2)C(=O)/C1=C/c1cc([N+](=O)[O-])ccc1OCc1cc(Cl)cc2c1OCOC2. The molecule has 1 N–H and O–H groups in total. The number of fused-ring (bicyclic) bond motifs is 1. The van der Waals surface area contributed by atoms with Crippen molar-refractivity contribution < 1.29 is 33.5 Å². The minimum absolute atomic E-state index is 0.0232. The Balaban J connectivity index is 1.29. The van der Waals surface area contributed by atoms with E-state index in [2.05, 4.69) is 5.32 Å². The van der Waals surface area contributed by atoms with Crippen molar-refractivity contribution in [2.24, 2.45) is 0 Å². The molecular formula is C32H22ClN3O8S. The van der Waals surface area contributed by atoms with Crippen LogP contribution < -0.4 is 24.4 Å². The summed E-state index contributed by atoms with van der Waals surface area (Å²) in [6, 6.07) is 23.0. The summed E-state index contributed by atoms with van der Waals surface area (Å²) < 4.78 is 22.8. The molecule has 0 saturated carbocycles. The summed E-state index contributed by atoms with van der Waals surface area (Å²) in [5, 5.41) is 14.5. The number of rotatable bonds is 8. The fourth-order valence-electron chi connectivity index (χ4n) is 4.75. The van der Waals surface area contributed by atoms with Gasteiger partial charge in [-0.2, -0.15) is 0 Å². The molecule has 11 nitrogen and oxygen atoms in total. The average Bonchev–Trinajstić information content (AvgIpc) is 3.03. The topological polar surface area (TPSA) is 129 Å². The van der Waals surface area contributed by atoms with Crippen LogP contribution in [-0.4, -0.2) is 28.6 Å². The molecule has 4 aromatic rings. The fraction of sp³-hybridized carbons (Fsp3) is 0.0938. The summed E-state index contributed by atoms with van der Waals surface area (Å²) in [4.78, 5) is 38.9. The molecular weight excluding hydrogens is 622 g/mol. The lowest BCUT2D eigenvalue weighted by Crippen LogP contribution is -2.54. The molecule has 45 heavy (non-hydrogen) atoms. The molecule has 2 aliphatic heterocycles. The molecule has 0 unspecified atom stereocenters. The molecule has 0 spiro atoms. The smallest absolute Gasteiger partial charge is 0.270 e. The number of hydrogen-bond donors (Lipinski definition) is 1. The van der Waals surface area contributed by atoms with Crippen LogP contribution in [0.25, 0.3) is 6.08 Å². The van der Waals surface area contributed by atoms with E-state index in [1.165, 1.54) is 24.3 Å². The Labute approximate surface area is 266 Å². The molecule has 1 saturated heterocycles. The van der Waals surface area contributed by atoms with Crippen molar-refractivity contribution >= 4 is 58.2 Å². The van der Waals surface area contributed by atoms with E-state index < -0.39 is 16.7 Å². The molecule has 0 radical (unpaired) electrons. The van der Waals surface area contributed by atoms with Crippen LogP contribution in [0, 0.1) is 10.1 Å². The number of carbonyl (C=O) groups excluding carboxylic acids is 2. The lowest BCUT2D eigenvalue weighted by atomic mass is 10.1. The highest BCUT2D eigenvalue weighted by Crippen LogP contribution is 2.34. The second-order valence-electron chi connectivity index (χ2n) is 9.80. The zero-order valence-electron chi connectivity index (χ0n) is 23.2. The second kappa shape index (κ2) is 12.7. The average molecular weight is 644 g/mol. The van der Waals surface area contributed by atoms with Gasteiger partial charge >= 0.3 is 0 Å². The van der Waals surface area contributed by atoms with Gasteiger partial charge in [-0.3, -0.25) is 29.9 Å². The van der Waals surface area contributed by atoms with Gasteiger partial charge < -0.3 is 18.9 Å². The highest BCUT2D eigenvalue weighted by atomic mass is 35.5. The van der Waals surface area contributed by atoms with Crippen molar-refractivity contribution in [2.45, 2.75) is 13.2 Å². The molecule has 0 aliphatic carbocycles. The molecule has 226 valence electrons. The Morgan fingerprint density at radius 2 is 1.78 bits per heavy atom. The van der Waals surface area contributed by atoms with Gasteiger partial charge in [0.05, 0.1) is 17.2 Å². The van der Waals surface area contributed by atoms with Gasteiger partial charge in [0.2, 0.25) is 0 Å². The van der Waals surface area contributed by atoms with Crippen LogP contribution in [0.1, 0.15) is 16.7 Å². The zero-order chi connectivity index (χ0) is 31.5. The number of ether oxygens (including phenoxy) is 4. The van der Waals surface area contributed by atoms with E-state index in [1.54, 1.807) is 48.5 Å². The van der Waals surface area contributed by atoms with Crippen LogP contribution in [0.4, 0.5) is 11.4 Å². The highest BCUT2D eigenvalue weighted by molar-refractivity contribution is 7.80. The van der Waals surface area contributed by atoms with Crippen molar-refractivity contribution in [3.63, 3.8) is 0 Å². The van der Waals surface area contributed by atoms with Crippen LogP contribution in [0.5, 0.6) is 23.0 Å². The number of nitrogens with one attached hydrogen (secondary N) is 1. The zero-order valence-corrected chi connectivity index (χ0v) is 24.8. The number of nitro groups is 1. The third-order valence-corrected chi connectivity index (χ3v) is 7.32. The summed E-state index contributed by atoms with van der Waals surface area (Å²) in [5.41, 5.74) is 1.31. The first-order valence-electron chi connectivity index (χ1n) is 13.4. The van der Waals surface area contributed by atoms with E-state index in [-0.39, 0.29) is 41.1 Å². The predicted molar refractivity (Wildman–Crippen MR) is 168 cm³/mol. The largest absolute Gasteiger partial charge is 0.488 e. The monoisotopic (exact) mass is 643 g/mol. The van der Waals surface area contributed by atoms with Crippen molar-refractivity contribution in [1.82, 2.24) is 5.32 Å². The van der Waals surface area contributed by atoms with Crippen LogP contribution in [0.2, 0.25) is 5.02 Å². The van der Waals surface area contributed by atoms with E-state index in [4.69, 9.17) is 42.8 Å². The third kappa shape index (κ3) is 6.48. The van der Waals surface area contributed by atoms with Crippen molar-refractivity contribution in [3.8, 4) is 23.0 Å². The van der Waals surface area contributed by atoms with Gasteiger partial charge in [-0.25, -0.2) is 0 Å². The number of amides is 2. The Morgan fingerprint density at radius 3 is 2.53 bits per heavy atom. The quantitative estimate of drug-likeness (QED) is 0.0771. The minimum atomic E-state index is -0.764. The maximum atomic E-state index is 13.7. The Hall–Kier alpha value is -5.30. The van der Waals surface area contributed by atoms with E-state index in [0.717, 1.165) is 10.5 Å². The molecule has 4 aromatic carbocycles. The standard InChI is InChI=1S/C32H22ClN3O8S/c33-22-12-20-16-41-18-43-29(20)21(13-22)17-42-28-11-8-24(36(39)40)14-19(28)15-27-30(37)34-32(45)35(31(27)38)23-6-9-26(10-7-23)44-25-4-2-1-3-5-25/h1-15H,16-18H2,(H,34,37,45)/b27-15+. The van der Waals surface area contributed by atoms with Crippen molar-refractivity contribution in [1.29, 1.82) is 0 Å². The summed E-state index contributed by atoms with van der Waals surface area (Å²) in [6.07, 6.45) is 1.24. The number of halogens is 1. The number of non-ortho nitro benzene ring substituents is 1. The number of anilines is 1. The Kier molecular flexibility index (Phi) is 8.43. The van der Waals surface area contributed by atoms with Crippen LogP contribution in [0.3, 0.4) is 0 Å². The summed E-state index contributed by atoms with van der Waals surface area (Å²) in [6.45, 7) is 0.357. The van der Waals surface area contributed by atoms with Gasteiger partial charge in [0, 0.05) is 33.8 Å². The molecule has 0 atom stereocenters. The van der Waals surface area contributed by atoms with Gasteiger partial charge in [-0.05, 0) is 72.9 Å². The molecule has 2 aliphatic rings. The van der Waals surface area contributed by atoms with Gasteiger partial charge in [0.15, 0.2) is 11.9 Å². The van der Waals surface area contributed by atoms with Crippen molar-refractivity contribution in [3.05, 3.63) is 122 Å². The number of benzene rings is 4. The predicted octanol–water partition coefficient (Wildman–Crippen LogP) is 6.32. The van der Waals surface area contributed by atoms with E-state index in [9.17, 15) is 19.7 Å².